The average molecular weight is 195 g/mol. The minimum atomic E-state index is -0.191. The third kappa shape index (κ3) is 4.60. The first-order valence-corrected chi connectivity index (χ1v) is 4.43. The Labute approximate surface area is 85.1 Å². The van der Waals surface area contributed by atoms with Crippen molar-refractivity contribution in [3.63, 3.8) is 0 Å². The zero-order chi connectivity index (χ0) is 11.3. The van der Waals surface area contributed by atoms with Crippen LogP contribution in [0.1, 0.15) is 20.8 Å². The largest absolute Gasteiger partial charge is 0.383 e. The van der Waals surface area contributed by atoms with Crippen molar-refractivity contribution in [3.05, 3.63) is 23.4 Å². The molecule has 3 heteroatoms. The summed E-state index contributed by atoms with van der Waals surface area (Å²) in [4.78, 5) is 24.0. The fraction of sp³-hybridized carbons (Fsp3) is 0.455. The van der Waals surface area contributed by atoms with Crippen molar-refractivity contribution in [2.45, 2.75) is 20.8 Å². The van der Waals surface area contributed by atoms with E-state index in [9.17, 15) is 9.59 Å². The second-order valence-electron chi connectivity index (χ2n) is 3.51. The maximum absolute atomic E-state index is 11.1. The summed E-state index contributed by atoms with van der Waals surface area (Å²) in [5, 5.41) is 0. The Morgan fingerprint density at radius 1 is 1.00 bits per heavy atom. The molecule has 0 aliphatic carbocycles. The molecule has 0 rings (SSSR count). The van der Waals surface area contributed by atoms with E-state index in [-0.39, 0.29) is 17.1 Å². The molecule has 0 atom stereocenters. The van der Waals surface area contributed by atoms with Gasteiger partial charge < -0.3 is 4.90 Å². The summed E-state index contributed by atoms with van der Waals surface area (Å²) in [5.41, 5.74) is 1.14. The van der Waals surface area contributed by atoms with E-state index in [2.05, 4.69) is 0 Å². The van der Waals surface area contributed by atoms with Gasteiger partial charge in [0, 0.05) is 20.3 Å². The highest BCUT2D eigenvalue weighted by Crippen LogP contribution is 2.05. The Morgan fingerprint density at radius 2 is 1.43 bits per heavy atom. The minimum Gasteiger partial charge on any atom is -0.383 e. The number of rotatable bonds is 4. The van der Waals surface area contributed by atoms with Gasteiger partial charge in [-0.15, -0.1) is 0 Å². The zero-order valence-corrected chi connectivity index (χ0v) is 9.42. The number of Topliss-reactive ketones (excluding diaryl/α,β-unsaturated/α-hetero) is 2. The van der Waals surface area contributed by atoms with Gasteiger partial charge in [0.15, 0.2) is 11.6 Å². The van der Waals surface area contributed by atoms with Crippen LogP contribution in [-0.4, -0.2) is 30.6 Å². The van der Waals surface area contributed by atoms with Crippen molar-refractivity contribution in [3.8, 4) is 0 Å². The minimum absolute atomic E-state index is 0.191. The zero-order valence-electron chi connectivity index (χ0n) is 9.42. The fourth-order valence-electron chi connectivity index (χ4n) is 1.12. The maximum Gasteiger partial charge on any atom is 0.163 e. The molecule has 14 heavy (non-hydrogen) atoms. The van der Waals surface area contributed by atoms with Crippen LogP contribution >= 0.6 is 0 Å². The van der Waals surface area contributed by atoms with Gasteiger partial charge in [-0.05, 0) is 32.4 Å². The van der Waals surface area contributed by atoms with Gasteiger partial charge in [0.2, 0.25) is 0 Å². The Bertz CT molecular complexity index is 282. The predicted molar refractivity (Wildman–Crippen MR) is 56.9 cm³/mol. The molecule has 0 aromatic carbocycles. The number of hydrogen-bond donors (Lipinski definition) is 0. The van der Waals surface area contributed by atoms with Gasteiger partial charge in [-0.2, -0.15) is 0 Å². The van der Waals surface area contributed by atoms with Crippen LogP contribution in [0.15, 0.2) is 23.4 Å². The SMILES string of the molecule is CC(=O)C(=C/C(C)=C/N(C)C)C(C)=O. The third-order valence-corrected chi connectivity index (χ3v) is 1.59. The molecule has 0 amide bonds. The van der Waals surface area contributed by atoms with E-state index < -0.39 is 0 Å². The van der Waals surface area contributed by atoms with Crippen molar-refractivity contribution in [2.24, 2.45) is 0 Å². The first-order chi connectivity index (χ1) is 6.34. The Morgan fingerprint density at radius 3 is 1.71 bits per heavy atom. The summed E-state index contributed by atoms with van der Waals surface area (Å²) in [7, 11) is 3.77. The monoisotopic (exact) mass is 195 g/mol. The second kappa shape index (κ2) is 5.37. The van der Waals surface area contributed by atoms with E-state index >= 15 is 0 Å². The smallest absolute Gasteiger partial charge is 0.163 e. The van der Waals surface area contributed by atoms with Crippen LogP contribution in [-0.2, 0) is 9.59 Å². The molecule has 3 nitrogen and oxygen atoms in total. The normalized spacial score (nSPS) is 10.8. The van der Waals surface area contributed by atoms with Crippen LogP contribution in [0.25, 0.3) is 0 Å². The van der Waals surface area contributed by atoms with Crippen LogP contribution in [0, 0.1) is 0 Å². The van der Waals surface area contributed by atoms with Gasteiger partial charge in [0.1, 0.15) is 0 Å². The molecule has 0 saturated heterocycles. The summed E-state index contributed by atoms with van der Waals surface area (Å²) in [5.74, 6) is -0.381. The number of ketones is 2. The highest BCUT2D eigenvalue weighted by Gasteiger charge is 2.08. The quantitative estimate of drug-likeness (QED) is 0.295. The summed E-state index contributed by atoms with van der Waals surface area (Å²) in [6.07, 6.45) is 3.47. The lowest BCUT2D eigenvalue weighted by atomic mass is 10.1. The third-order valence-electron chi connectivity index (χ3n) is 1.59. The first kappa shape index (κ1) is 12.6. The van der Waals surface area contributed by atoms with E-state index in [4.69, 9.17) is 0 Å². The number of hydrogen-bond acceptors (Lipinski definition) is 3. The molecule has 0 spiro atoms. The Hall–Kier alpha value is -1.38. The highest BCUT2D eigenvalue weighted by molar-refractivity contribution is 6.18. The molecule has 0 heterocycles. The number of nitrogens with zero attached hydrogens (tertiary/aromatic N) is 1. The van der Waals surface area contributed by atoms with E-state index in [0.717, 1.165) is 5.57 Å². The van der Waals surface area contributed by atoms with Crippen molar-refractivity contribution in [1.82, 2.24) is 4.90 Å². The molecule has 0 bridgehead atoms. The average Bonchev–Trinajstić information content (AvgIpc) is 1.97. The number of carbonyl (C=O) groups is 2. The highest BCUT2D eigenvalue weighted by atomic mass is 16.1. The summed E-state index contributed by atoms with van der Waals surface area (Å²) in [6, 6.07) is 0. The molecule has 0 aromatic heterocycles. The molecule has 78 valence electrons. The lowest BCUT2D eigenvalue weighted by molar-refractivity contribution is -0.119. The number of carbonyl (C=O) groups excluding carboxylic acids is 2. The van der Waals surface area contributed by atoms with Crippen molar-refractivity contribution in [1.29, 1.82) is 0 Å². The molecule has 0 aromatic rings. The fourth-order valence-corrected chi connectivity index (χ4v) is 1.12. The lowest BCUT2D eigenvalue weighted by Crippen LogP contribution is -2.07. The van der Waals surface area contributed by atoms with Crippen molar-refractivity contribution >= 4 is 11.6 Å². The van der Waals surface area contributed by atoms with E-state index in [1.165, 1.54) is 13.8 Å². The summed E-state index contributed by atoms with van der Waals surface area (Å²) < 4.78 is 0. The van der Waals surface area contributed by atoms with E-state index in [1.54, 1.807) is 6.08 Å². The van der Waals surface area contributed by atoms with Crippen LogP contribution in [0.4, 0.5) is 0 Å². The maximum atomic E-state index is 11.1. The van der Waals surface area contributed by atoms with Crippen molar-refractivity contribution < 1.29 is 9.59 Å². The van der Waals surface area contributed by atoms with Gasteiger partial charge in [0.25, 0.3) is 0 Å². The summed E-state index contributed by atoms with van der Waals surface area (Å²) in [6.45, 7) is 4.65. The number of allylic oxidation sites excluding steroid dienone is 3. The van der Waals surface area contributed by atoms with Gasteiger partial charge in [-0.1, -0.05) is 0 Å². The van der Waals surface area contributed by atoms with Crippen LogP contribution in [0.2, 0.25) is 0 Å². The second-order valence-corrected chi connectivity index (χ2v) is 3.51. The molecule has 0 aliphatic rings. The molecule has 0 N–H and O–H groups in total. The molecule has 0 saturated carbocycles. The Balaban J connectivity index is 4.93. The van der Waals surface area contributed by atoms with Crippen LogP contribution < -0.4 is 0 Å². The first-order valence-electron chi connectivity index (χ1n) is 4.43. The van der Waals surface area contributed by atoms with E-state index in [1.807, 2.05) is 32.1 Å². The molecule has 0 radical (unpaired) electrons. The molecular weight excluding hydrogens is 178 g/mol. The van der Waals surface area contributed by atoms with Crippen molar-refractivity contribution in [2.75, 3.05) is 14.1 Å². The molecule has 0 aliphatic heterocycles. The predicted octanol–water partition coefficient (Wildman–Crippen LogP) is 1.56. The molecule has 0 fully saturated rings. The lowest BCUT2D eigenvalue weighted by Gasteiger charge is -2.06. The topological polar surface area (TPSA) is 37.4 Å². The standard InChI is InChI=1S/C11H17NO2/c1-8(7-12(4)5)6-11(9(2)13)10(3)14/h6-7H,1-5H3/b8-7+. The van der Waals surface area contributed by atoms with Crippen LogP contribution in [0.5, 0.6) is 0 Å². The summed E-state index contributed by atoms with van der Waals surface area (Å²) >= 11 is 0. The van der Waals surface area contributed by atoms with Gasteiger partial charge in [0.05, 0.1) is 5.57 Å². The van der Waals surface area contributed by atoms with Crippen LogP contribution in [0.3, 0.4) is 0 Å². The van der Waals surface area contributed by atoms with E-state index in [0.29, 0.717) is 0 Å². The van der Waals surface area contributed by atoms with Gasteiger partial charge >= 0.3 is 0 Å². The Kier molecular flexibility index (Phi) is 4.84. The molecular formula is C11H17NO2. The van der Waals surface area contributed by atoms with Gasteiger partial charge in [-0.3, -0.25) is 9.59 Å². The van der Waals surface area contributed by atoms with Gasteiger partial charge in [-0.25, -0.2) is 0 Å². The molecule has 0 unspecified atom stereocenters.